The Morgan fingerprint density at radius 3 is 2.73 bits per heavy atom. The van der Waals surface area contributed by atoms with Gasteiger partial charge in [-0.05, 0) is 6.08 Å². The standard InChI is InChI=1S/C8H9NO6/c10-5-15-6-3-1-2-4-8(6,7(11)12)9(13)14/h1-4,6,10H,5H2,(H,11,12). The fraction of sp³-hybridized carbons (Fsp3) is 0.375. The van der Waals surface area contributed by atoms with Gasteiger partial charge in [-0.1, -0.05) is 12.2 Å². The second-order valence-corrected chi connectivity index (χ2v) is 2.85. The summed E-state index contributed by atoms with van der Waals surface area (Å²) in [4.78, 5) is 20.7. The van der Waals surface area contributed by atoms with Crippen molar-refractivity contribution in [2.24, 2.45) is 0 Å². The molecule has 2 atom stereocenters. The van der Waals surface area contributed by atoms with E-state index >= 15 is 0 Å². The maximum Gasteiger partial charge on any atom is 0.390 e. The van der Waals surface area contributed by atoms with Crippen LogP contribution >= 0.6 is 0 Å². The predicted molar refractivity (Wildman–Crippen MR) is 47.6 cm³/mol. The largest absolute Gasteiger partial charge is 0.476 e. The van der Waals surface area contributed by atoms with E-state index in [4.69, 9.17) is 10.2 Å². The summed E-state index contributed by atoms with van der Waals surface area (Å²) in [7, 11) is 0. The zero-order chi connectivity index (χ0) is 11.5. The van der Waals surface area contributed by atoms with E-state index in [9.17, 15) is 14.9 Å². The molecule has 0 saturated carbocycles. The molecule has 0 fully saturated rings. The fourth-order valence-corrected chi connectivity index (χ4v) is 1.31. The lowest BCUT2D eigenvalue weighted by Gasteiger charge is -2.25. The number of carboxylic acid groups (broad SMARTS) is 1. The van der Waals surface area contributed by atoms with Crippen LogP contribution in [0.5, 0.6) is 0 Å². The van der Waals surface area contributed by atoms with Crippen molar-refractivity contribution in [3.05, 3.63) is 34.4 Å². The van der Waals surface area contributed by atoms with Crippen molar-refractivity contribution >= 4 is 5.97 Å². The first-order valence-corrected chi connectivity index (χ1v) is 4.02. The lowest BCUT2D eigenvalue weighted by atomic mass is 9.89. The Hall–Kier alpha value is -1.73. The number of carboxylic acids is 1. The minimum Gasteiger partial charge on any atom is -0.476 e. The molecule has 0 heterocycles. The number of hydrogen-bond donors (Lipinski definition) is 2. The number of hydrogen-bond acceptors (Lipinski definition) is 5. The third-order valence-electron chi connectivity index (χ3n) is 2.08. The number of nitrogens with zero attached hydrogens (tertiary/aromatic N) is 1. The van der Waals surface area contributed by atoms with Gasteiger partial charge in [0, 0.05) is 11.0 Å². The summed E-state index contributed by atoms with van der Waals surface area (Å²) in [5, 5.41) is 28.2. The van der Waals surface area contributed by atoms with E-state index in [1.807, 2.05) is 0 Å². The molecule has 15 heavy (non-hydrogen) atoms. The molecule has 1 aliphatic rings. The van der Waals surface area contributed by atoms with Crippen LogP contribution in [0.3, 0.4) is 0 Å². The highest BCUT2D eigenvalue weighted by Gasteiger charge is 2.57. The second kappa shape index (κ2) is 4.20. The molecule has 0 bridgehead atoms. The number of allylic oxidation sites excluding steroid dienone is 2. The Morgan fingerprint density at radius 1 is 1.60 bits per heavy atom. The van der Waals surface area contributed by atoms with E-state index in [0.717, 1.165) is 6.08 Å². The van der Waals surface area contributed by atoms with E-state index in [0.29, 0.717) is 0 Å². The third kappa shape index (κ3) is 1.74. The molecule has 0 aliphatic heterocycles. The smallest absolute Gasteiger partial charge is 0.390 e. The van der Waals surface area contributed by atoms with Gasteiger partial charge in [0.05, 0.1) is 0 Å². The fourth-order valence-electron chi connectivity index (χ4n) is 1.31. The Morgan fingerprint density at radius 2 is 2.27 bits per heavy atom. The number of aliphatic carboxylic acids is 1. The van der Waals surface area contributed by atoms with Gasteiger partial charge in [-0.3, -0.25) is 10.1 Å². The Kier molecular flexibility index (Phi) is 3.17. The van der Waals surface area contributed by atoms with Gasteiger partial charge in [0.25, 0.3) is 0 Å². The minimum atomic E-state index is -2.36. The van der Waals surface area contributed by atoms with Crippen molar-refractivity contribution in [3.63, 3.8) is 0 Å². The van der Waals surface area contributed by atoms with E-state index in [1.54, 1.807) is 0 Å². The molecule has 82 valence electrons. The average molecular weight is 215 g/mol. The first kappa shape index (κ1) is 11.3. The van der Waals surface area contributed by atoms with Crippen molar-refractivity contribution in [1.82, 2.24) is 0 Å². The van der Waals surface area contributed by atoms with Crippen LogP contribution in [0.25, 0.3) is 0 Å². The van der Waals surface area contributed by atoms with Gasteiger partial charge in [0.1, 0.15) is 6.79 Å². The van der Waals surface area contributed by atoms with Crippen molar-refractivity contribution in [1.29, 1.82) is 0 Å². The lowest BCUT2D eigenvalue weighted by Crippen LogP contribution is -2.55. The van der Waals surface area contributed by atoms with Crippen LogP contribution in [-0.4, -0.2) is 39.5 Å². The Labute approximate surface area is 84.4 Å². The van der Waals surface area contributed by atoms with Crippen LogP contribution in [0, 0.1) is 10.1 Å². The van der Waals surface area contributed by atoms with Crippen LogP contribution in [0.4, 0.5) is 0 Å². The molecule has 0 aromatic carbocycles. The Bertz CT molecular complexity index is 320. The maximum absolute atomic E-state index is 10.9. The summed E-state index contributed by atoms with van der Waals surface area (Å²) in [5.74, 6) is -1.63. The van der Waals surface area contributed by atoms with E-state index < -0.39 is 29.3 Å². The summed E-state index contributed by atoms with van der Waals surface area (Å²) in [5.41, 5.74) is -2.36. The molecule has 7 nitrogen and oxygen atoms in total. The van der Waals surface area contributed by atoms with E-state index in [-0.39, 0.29) is 0 Å². The highest BCUT2D eigenvalue weighted by atomic mass is 16.6. The number of nitro groups is 1. The van der Waals surface area contributed by atoms with Gasteiger partial charge in [-0.2, -0.15) is 0 Å². The average Bonchev–Trinajstić information content (AvgIpc) is 2.18. The number of rotatable bonds is 4. The van der Waals surface area contributed by atoms with Crippen LogP contribution < -0.4 is 0 Å². The molecule has 2 N–H and O–H groups in total. The maximum atomic E-state index is 10.9. The molecule has 7 heteroatoms. The normalized spacial score (nSPS) is 29.0. The predicted octanol–water partition coefficient (Wildman–Crippen LogP) is -0.452. The number of ether oxygens (including phenoxy) is 1. The molecule has 0 saturated heterocycles. The Balaban J connectivity index is 3.13. The van der Waals surface area contributed by atoms with Crippen LogP contribution in [0.15, 0.2) is 24.3 Å². The van der Waals surface area contributed by atoms with Crippen LogP contribution in [0.2, 0.25) is 0 Å². The van der Waals surface area contributed by atoms with Gasteiger partial charge in [0.15, 0.2) is 6.10 Å². The molecule has 2 unspecified atom stereocenters. The molecule has 0 aromatic heterocycles. The van der Waals surface area contributed by atoms with Gasteiger partial charge < -0.3 is 14.9 Å². The van der Waals surface area contributed by atoms with Gasteiger partial charge in [0.2, 0.25) is 0 Å². The molecule has 0 aromatic rings. The van der Waals surface area contributed by atoms with E-state index in [1.165, 1.54) is 18.2 Å². The SMILES string of the molecule is O=C(O)C1([N+](=O)[O-])C=CC=CC1OCO. The minimum absolute atomic E-state index is 0.786. The second-order valence-electron chi connectivity index (χ2n) is 2.85. The summed E-state index contributed by atoms with van der Waals surface area (Å²) < 4.78 is 4.62. The van der Waals surface area contributed by atoms with Crippen molar-refractivity contribution < 1.29 is 24.7 Å². The summed E-state index contributed by atoms with van der Waals surface area (Å²) in [6, 6.07) is 0. The number of aliphatic hydroxyl groups is 1. The molecule has 1 aliphatic carbocycles. The van der Waals surface area contributed by atoms with Gasteiger partial charge in [-0.25, -0.2) is 4.79 Å². The first-order chi connectivity index (χ1) is 7.05. The molecule has 1 rings (SSSR count). The zero-order valence-corrected chi connectivity index (χ0v) is 7.57. The molecule has 0 radical (unpaired) electrons. The number of aliphatic hydroxyl groups excluding tert-OH is 1. The topological polar surface area (TPSA) is 110 Å². The van der Waals surface area contributed by atoms with Crippen molar-refractivity contribution in [2.75, 3.05) is 6.79 Å². The van der Waals surface area contributed by atoms with Crippen molar-refractivity contribution in [3.8, 4) is 0 Å². The summed E-state index contributed by atoms with van der Waals surface area (Å²) >= 11 is 0. The summed E-state index contributed by atoms with van der Waals surface area (Å²) in [6.07, 6.45) is 3.50. The lowest BCUT2D eigenvalue weighted by molar-refractivity contribution is -0.552. The quantitative estimate of drug-likeness (QED) is 0.373. The monoisotopic (exact) mass is 215 g/mol. The van der Waals surface area contributed by atoms with Gasteiger partial charge in [-0.15, -0.1) is 0 Å². The van der Waals surface area contributed by atoms with Gasteiger partial charge >= 0.3 is 11.5 Å². The highest BCUT2D eigenvalue weighted by molar-refractivity contribution is 5.81. The molecule has 0 amide bonds. The van der Waals surface area contributed by atoms with Crippen LogP contribution in [-0.2, 0) is 9.53 Å². The number of carbonyl (C=O) groups is 1. The summed E-state index contributed by atoms with van der Waals surface area (Å²) in [6.45, 7) is -0.786. The highest BCUT2D eigenvalue weighted by Crippen LogP contribution is 2.25. The van der Waals surface area contributed by atoms with Crippen LogP contribution in [0.1, 0.15) is 0 Å². The van der Waals surface area contributed by atoms with E-state index in [2.05, 4.69) is 4.74 Å². The van der Waals surface area contributed by atoms with Crippen molar-refractivity contribution in [2.45, 2.75) is 11.6 Å². The molecular weight excluding hydrogens is 206 g/mol. The molecular formula is C8H9NO6. The first-order valence-electron chi connectivity index (χ1n) is 4.02. The molecule has 0 spiro atoms. The third-order valence-corrected chi connectivity index (χ3v) is 2.08. The zero-order valence-electron chi connectivity index (χ0n) is 7.57.